The summed E-state index contributed by atoms with van der Waals surface area (Å²) in [5, 5.41) is 12.3. The molecule has 102 valence electrons. The fraction of sp³-hybridized carbons (Fsp3) is 0.429. The number of nitrogens with zero attached hydrogens (tertiary/aromatic N) is 3. The van der Waals surface area contributed by atoms with E-state index in [4.69, 9.17) is 11.6 Å². The monoisotopic (exact) mass is 278 g/mol. The van der Waals surface area contributed by atoms with Crippen LogP contribution in [0.2, 0.25) is 5.02 Å². The van der Waals surface area contributed by atoms with Crippen LogP contribution in [0.3, 0.4) is 0 Å². The summed E-state index contributed by atoms with van der Waals surface area (Å²) in [6.07, 6.45) is 1.90. The van der Waals surface area contributed by atoms with Crippen molar-refractivity contribution in [1.29, 1.82) is 0 Å². The highest BCUT2D eigenvalue weighted by Gasteiger charge is 2.11. The van der Waals surface area contributed by atoms with Crippen LogP contribution < -0.4 is 5.32 Å². The number of rotatable bonds is 3. The molecule has 0 atom stereocenters. The van der Waals surface area contributed by atoms with Crippen molar-refractivity contribution in [3.8, 4) is 5.69 Å². The molecule has 5 heteroatoms. The molecule has 1 aromatic carbocycles. The van der Waals surface area contributed by atoms with Crippen molar-refractivity contribution >= 4 is 11.6 Å². The number of hydrogen-bond donors (Lipinski definition) is 1. The third kappa shape index (κ3) is 3.78. The van der Waals surface area contributed by atoms with E-state index in [0.29, 0.717) is 11.6 Å². The summed E-state index contributed by atoms with van der Waals surface area (Å²) in [4.78, 5) is 0. The number of halogens is 1. The van der Waals surface area contributed by atoms with Gasteiger partial charge in [-0.2, -0.15) is 0 Å². The van der Waals surface area contributed by atoms with Crippen LogP contribution in [0.25, 0.3) is 5.69 Å². The van der Waals surface area contributed by atoms with Crippen LogP contribution in [-0.2, 0) is 6.54 Å². The van der Waals surface area contributed by atoms with Crippen molar-refractivity contribution in [2.24, 2.45) is 0 Å². The molecule has 0 fully saturated rings. The Kier molecular flexibility index (Phi) is 3.92. The number of aryl methyl sites for hydroxylation is 1. The van der Waals surface area contributed by atoms with E-state index >= 15 is 0 Å². The van der Waals surface area contributed by atoms with Gasteiger partial charge < -0.3 is 5.32 Å². The van der Waals surface area contributed by atoms with E-state index in [1.165, 1.54) is 0 Å². The van der Waals surface area contributed by atoms with Gasteiger partial charge in [-0.05, 0) is 45.4 Å². The molecule has 2 aromatic rings. The van der Waals surface area contributed by atoms with Crippen molar-refractivity contribution in [3.05, 3.63) is 40.7 Å². The predicted molar refractivity (Wildman–Crippen MR) is 77.7 cm³/mol. The van der Waals surface area contributed by atoms with Crippen molar-refractivity contribution in [1.82, 2.24) is 20.3 Å². The molecule has 19 heavy (non-hydrogen) atoms. The Morgan fingerprint density at radius 1 is 1.32 bits per heavy atom. The number of benzene rings is 1. The normalized spacial score (nSPS) is 11.8. The van der Waals surface area contributed by atoms with E-state index in [1.54, 1.807) is 4.68 Å². The first-order chi connectivity index (χ1) is 8.85. The molecule has 0 aliphatic heterocycles. The highest BCUT2D eigenvalue weighted by molar-refractivity contribution is 6.32. The van der Waals surface area contributed by atoms with E-state index < -0.39 is 0 Å². The minimum Gasteiger partial charge on any atom is -0.306 e. The first kappa shape index (κ1) is 14.0. The summed E-state index contributed by atoms with van der Waals surface area (Å²) < 4.78 is 1.71. The zero-order chi connectivity index (χ0) is 14.0. The van der Waals surface area contributed by atoms with Crippen LogP contribution >= 0.6 is 11.6 Å². The molecule has 0 bridgehead atoms. The van der Waals surface area contributed by atoms with Gasteiger partial charge in [-0.25, -0.2) is 4.68 Å². The van der Waals surface area contributed by atoms with Gasteiger partial charge >= 0.3 is 0 Å². The fourth-order valence-electron chi connectivity index (χ4n) is 1.65. The maximum Gasteiger partial charge on any atom is 0.0969 e. The zero-order valence-electron chi connectivity index (χ0n) is 11.7. The Morgan fingerprint density at radius 2 is 2.05 bits per heavy atom. The summed E-state index contributed by atoms with van der Waals surface area (Å²) in [6.45, 7) is 9.06. The van der Waals surface area contributed by atoms with Gasteiger partial charge in [0.05, 0.1) is 22.6 Å². The average Bonchev–Trinajstić information content (AvgIpc) is 2.74. The Labute approximate surface area is 118 Å². The first-order valence-corrected chi connectivity index (χ1v) is 6.66. The van der Waals surface area contributed by atoms with E-state index in [9.17, 15) is 0 Å². The highest BCUT2D eigenvalue weighted by Crippen LogP contribution is 2.21. The van der Waals surface area contributed by atoms with E-state index in [1.807, 2.05) is 31.3 Å². The van der Waals surface area contributed by atoms with E-state index in [0.717, 1.165) is 16.9 Å². The largest absolute Gasteiger partial charge is 0.306 e. The quantitative estimate of drug-likeness (QED) is 0.938. The van der Waals surface area contributed by atoms with Crippen molar-refractivity contribution in [2.75, 3.05) is 0 Å². The topological polar surface area (TPSA) is 42.7 Å². The average molecular weight is 279 g/mol. The molecule has 4 nitrogen and oxygen atoms in total. The van der Waals surface area contributed by atoms with Gasteiger partial charge in [0.25, 0.3) is 0 Å². The molecule has 0 unspecified atom stereocenters. The van der Waals surface area contributed by atoms with Gasteiger partial charge in [-0.3, -0.25) is 0 Å². The third-order valence-electron chi connectivity index (χ3n) is 2.69. The zero-order valence-corrected chi connectivity index (χ0v) is 12.5. The summed E-state index contributed by atoms with van der Waals surface area (Å²) >= 11 is 6.22. The minimum atomic E-state index is 0.0608. The summed E-state index contributed by atoms with van der Waals surface area (Å²) in [5.41, 5.74) is 2.93. The van der Waals surface area contributed by atoms with Gasteiger partial charge in [0.2, 0.25) is 0 Å². The second-order valence-electron chi connectivity index (χ2n) is 5.71. The Morgan fingerprint density at radius 3 is 2.68 bits per heavy atom. The van der Waals surface area contributed by atoms with Crippen LogP contribution in [0, 0.1) is 6.92 Å². The SMILES string of the molecule is Cc1ccc(-n2cc(CNC(C)(C)C)nn2)c(Cl)c1. The summed E-state index contributed by atoms with van der Waals surface area (Å²) in [7, 11) is 0. The van der Waals surface area contributed by atoms with Gasteiger partial charge in [0, 0.05) is 12.1 Å². The van der Waals surface area contributed by atoms with Crippen LogP contribution in [0.4, 0.5) is 0 Å². The minimum absolute atomic E-state index is 0.0608. The lowest BCUT2D eigenvalue weighted by atomic mass is 10.1. The molecule has 0 saturated heterocycles. The van der Waals surface area contributed by atoms with Crippen LogP contribution in [0.15, 0.2) is 24.4 Å². The molecule has 0 spiro atoms. The molecular weight excluding hydrogens is 260 g/mol. The maximum atomic E-state index is 6.22. The smallest absolute Gasteiger partial charge is 0.0969 e. The van der Waals surface area contributed by atoms with Gasteiger partial charge in [0.15, 0.2) is 0 Å². The van der Waals surface area contributed by atoms with E-state index in [2.05, 4.69) is 36.4 Å². The van der Waals surface area contributed by atoms with Crippen LogP contribution in [-0.4, -0.2) is 20.5 Å². The second-order valence-corrected chi connectivity index (χ2v) is 6.12. The van der Waals surface area contributed by atoms with E-state index in [-0.39, 0.29) is 5.54 Å². The lowest BCUT2D eigenvalue weighted by molar-refractivity contribution is 0.421. The maximum absolute atomic E-state index is 6.22. The van der Waals surface area contributed by atoms with Crippen molar-refractivity contribution < 1.29 is 0 Å². The molecule has 0 aliphatic carbocycles. The molecule has 0 amide bonds. The standard InChI is InChI=1S/C14H19ClN4/c1-10-5-6-13(12(15)7-10)19-9-11(17-18-19)8-16-14(2,3)4/h5-7,9,16H,8H2,1-4H3. The lowest BCUT2D eigenvalue weighted by Gasteiger charge is -2.19. The Balaban J connectivity index is 2.16. The fourth-order valence-corrected chi connectivity index (χ4v) is 1.97. The molecule has 2 rings (SSSR count). The van der Waals surface area contributed by atoms with Crippen molar-refractivity contribution in [2.45, 2.75) is 39.8 Å². The van der Waals surface area contributed by atoms with Crippen LogP contribution in [0.1, 0.15) is 32.0 Å². The Hall–Kier alpha value is -1.39. The first-order valence-electron chi connectivity index (χ1n) is 6.28. The molecular formula is C14H19ClN4. The molecule has 0 saturated carbocycles. The molecule has 0 radical (unpaired) electrons. The number of aromatic nitrogens is 3. The molecule has 1 heterocycles. The summed E-state index contributed by atoms with van der Waals surface area (Å²) in [6, 6.07) is 5.88. The Bertz CT molecular complexity index is 569. The summed E-state index contributed by atoms with van der Waals surface area (Å²) in [5.74, 6) is 0. The number of nitrogens with one attached hydrogen (secondary N) is 1. The van der Waals surface area contributed by atoms with Gasteiger partial charge in [-0.1, -0.05) is 22.9 Å². The molecule has 1 N–H and O–H groups in total. The van der Waals surface area contributed by atoms with Crippen LogP contribution in [0.5, 0.6) is 0 Å². The lowest BCUT2D eigenvalue weighted by Crippen LogP contribution is -2.35. The molecule has 1 aromatic heterocycles. The van der Waals surface area contributed by atoms with Crippen molar-refractivity contribution in [3.63, 3.8) is 0 Å². The third-order valence-corrected chi connectivity index (χ3v) is 2.99. The molecule has 0 aliphatic rings. The van der Waals surface area contributed by atoms with Gasteiger partial charge in [-0.15, -0.1) is 5.10 Å². The van der Waals surface area contributed by atoms with Gasteiger partial charge in [0.1, 0.15) is 0 Å². The highest BCUT2D eigenvalue weighted by atomic mass is 35.5. The number of hydrogen-bond acceptors (Lipinski definition) is 3. The predicted octanol–water partition coefficient (Wildman–Crippen LogP) is 3.12. The second kappa shape index (κ2) is 5.31.